The number of alkyl halides is 1. The number of benzene rings is 3. The van der Waals surface area contributed by atoms with Gasteiger partial charge in [0, 0.05) is 30.3 Å². The van der Waals surface area contributed by atoms with Gasteiger partial charge < -0.3 is 37.8 Å². The fraction of sp³-hybridized carbons (Fsp3) is 0.452. The molecule has 1 aliphatic heterocycles. The van der Waals surface area contributed by atoms with Crippen LogP contribution in [0.1, 0.15) is 63.5 Å². The summed E-state index contributed by atoms with van der Waals surface area (Å²) in [7, 11) is 0.751. The van der Waals surface area contributed by atoms with Gasteiger partial charge in [0.25, 0.3) is 14.1 Å². The molecule has 1 aliphatic rings. The standard InChI is InChI=1S/C42H52FN4O10P/c1-29(2)47(41(3,4)22-10-24-44)58(50)57-37-35(56-39(38(37)54-28-53-26-23-43)46-25-21-36(48)45-40(46)49)27-55-42(30-11-8-7-9-12-30,31-13-17-33(51-5)18-14-31)32-15-19-34(52-6)20-16-32/h7-9,11-21,25,29,35,37-39,50H,10,22-23,26-28H2,1-6H3,(H,45,48,49)/t35-,37-,38-,39-,58?/m1/s1. The molecule has 0 aliphatic carbocycles. The van der Waals surface area contributed by atoms with Crippen LogP contribution >= 0.6 is 8.53 Å². The van der Waals surface area contributed by atoms with Gasteiger partial charge in [0.15, 0.2) is 6.23 Å². The van der Waals surface area contributed by atoms with Gasteiger partial charge in [-0.05, 0) is 75.1 Å². The number of hydrogen-bond donors (Lipinski definition) is 2. The molecular weight excluding hydrogens is 770 g/mol. The van der Waals surface area contributed by atoms with Crippen LogP contribution in [0.5, 0.6) is 11.5 Å². The second-order valence-electron chi connectivity index (χ2n) is 14.5. The Balaban J connectivity index is 1.65. The van der Waals surface area contributed by atoms with Crippen LogP contribution in [0, 0.1) is 11.3 Å². The van der Waals surface area contributed by atoms with Gasteiger partial charge in [-0.2, -0.15) is 5.26 Å². The Morgan fingerprint density at radius 3 is 2.09 bits per heavy atom. The third kappa shape index (κ3) is 10.2. The molecular formula is C42H52FN4O10P. The average Bonchev–Trinajstić information content (AvgIpc) is 3.55. The molecule has 1 saturated heterocycles. The maximum absolute atomic E-state index is 13.3. The fourth-order valence-corrected chi connectivity index (χ4v) is 8.82. The number of aromatic amines is 1. The molecule has 5 rings (SSSR count). The van der Waals surface area contributed by atoms with Crippen LogP contribution < -0.4 is 20.7 Å². The molecule has 1 fully saturated rings. The number of halogens is 1. The highest BCUT2D eigenvalue weighted by Gasteiger charge is 2.52. The van der Waals surface area contributed by atoms with Gasteiger partial charge >= 0.3 is 5.69 Å². The SMILES string of the molecule is COc1ccc(C(OC[C@H]2O[C@@H](n3ccc(=O)[nH]c3=O)[C@H](OCOCCF)[C@@H]2OP(O)N(C(C)C)C(C)(C)CCC#N)(c2ccccc2)c2ccc(OC)cc2)cc1. The van der Waals surface area contributed by atoms with Crippen molar-refractivity contribution in [3.8, 4) is 17.6 Å². The molecule has 5 atom stereocenters. The summed E-state index contributed by atoms with van der Waals surface area (Å²) in [6.45, 7) is 6.05. The molecule has 16 heteroatoms. The lowest BCUT2D eigenvalue weighted by molar-refractivity contribution is -0.139. The minimum absolute atomic E-state index is 0.194. The summed E-state index contributed by atoms with van der Waals surface area (Å²) in [6, 6.07) is 27.7. The largest absolute Gasteiger partial charge is 0.497 e. The quantitative estimate of drug-likeness (QED) is 0.0425. The summed E-state index contributed by atoms with van der Waals surface area (Å²) in [5.41, 5.74) is -1.10. The van der Waals surface area contributed by atoms with Crippen LogP contribution in [0.3, 0.4) is 0 Å². The summed E-state index contributed by atoms with van der Waals surface area (Å²) >= 11 is 0. The van der Waals surface area contributed by atoms with Gasteiger partial charge in [-0.25, -0.2) is 13.9 Å². The number of H-pyrrole nitrogens is 1. The maximum Gasteiger partial charge on any atom is 0.330 e. The molecule has 0 amide bonds. The molecule has 1 unspecified atom stereocenters. The Kier molecular flexibility index (Phi) is 15.7. The second-order valence-corrected chi connectivity index (χ2v) is 15.6. The lowest BCUT2D eigenvalue weighted by atomic mass is 9.80. The lowest BCUT2D eigenvalue weighted by Crippen LogP contribution is -2.47. The van der Waals surface area contributed by atoms with Crippen molar-refractivity contribution in [2.24, 2.45) is 0 Å². The van der Waals surface area contributed by atoms with Crippen molar-refractivity contribution >= 4 is 8.53 Å². The van der Waals surface area contributed by atoms with E-state index in [1.807, 2.05) is 107 Å². The molecule has 1 aromatic heterocycles. The summed E-state index contributed by atoms with van der Waals surface area (Å²) in [4.78, 5) is 39.8. The number of nitriles is 1. The average molecular weight is 823 g/mol. The van der Waals surface area contributed by atoms with E-state index in [9.17, 15) is 24.1 Å². The van der Waals surface area contributed by atoms with Crippen molar-refractivity contribution in [1.29, 1.82) is 5.26 Å². The van der Waals surface area contributed by atoms with Crippen LogP contribution in [-0.2, 0) is 29.1 Å². The van der Waals surface area contributed by atoms with E-state index < -0.39 is 68.9 Å². The van der Waals surface area contributed by atoms with Gasteiger partial charge in [-0.15, -0.1) is 0 Å². The van der Waals surface area contributed by atoms with E-state index in [1.165, 1.54) is 12.3 Å². The fourth-order valence-electron chi connectivity index (χ4n) is 7.28. The molecule has 14 nitrogen and oxygen atoms in total. The van der Waals surface area contributed by atoms with Crippen molar-refractivity contribution in [2.75, 3.05) is 40.9 Å². The smallest absolute Gasteiger partial charge is 0.330 e. The maximum atomic E-state index is 13.3. The molecule has 0 bridgehead atoms. The minimum atomic E-state index is -2.42. The summed E-state index contributed by atoms with van der Waals surface area (Å²) in [5.74, 6) is 1.28. The van der Waals surface area contributed by atoms with Crippen molar-refractivity contribution in [1.82, 2.24) is 14.2 Å². The number of ether oxygens (including phenoxy) is 6. The summed E-state index contributed by atoms with van der Waals surface area (Å²) in [6.07, 6.45) is -2.60. The Morgan fingerprint density at radius 2 is 1.55 bits per heavy atom. The molecule has 58 heavy (non-hydrogen) atoms. The Morgan fingerprint density at radius 1 is 0.948 bits per heavy atom. The number of methoxy groups -OCH3 is 2. The summed E-state index contributed by atoms with van der Waals surface area (Å²) < 4.78 is 59.1. The zero-order valence-corrected chi connectivity index (χ0v) is 34.5. The third-order valence-electron chi connectivity index (χ3n) is 9.97. The van der Waals surface area contributed by atoms with E-state index in [1.54, 1.807) is 18.9 Å². The van der Waals surface area contributed by atoms with E-state index in [0.29, 0.717) is 17.9 Å². The van der Waals surface area contributed by atoms with E-state index in [0.717, 1.165) is 21.3 Å². The zero-order chi connectivity index (χ0) is 41.9. The number of hydrogen-bond acceptors (Lipinski definition) is 12. The van der Waals surface area contributed by atoms with Gasteiger partial charge in [0.05, 0.1) is 33.5 Å². The highest BCUT2D eigenvalue weighted by Crippen LogP contribution is 2.50. The minimum Gasteiger partial charge on any atom is -0.497 e. The zero-order valence-electron chi connectivity index (χ0n) is 33.6. The van der Waals surface area contributed by atoms with Crippen LogP contribution in [0.4, 0.5) is 4.39 Å². The van der Waals surface area contributed by atoms with E-state index in [-0.39, 0.29) is 25.7 Å². The first-order chi connectivity index (χ1) is 27.9. The lowest BCUT2D eigenvalue weighted by Gasteiger charge is -2.43. The molecule has 2 heterocycles. The van der Waals surface area contributed by atoms with E-state index in [4.69, 9.17) is 32.9 Å². The number of aromatic nitrogens is 2. The number of nitrogens with one attached hydrogen (secondary N) is 1. The highest BCUT2D eigenvalue weighted by molar-refractivity contribution is 7.43. The monoisotopic (exact) mass is 822 g/mol. The Labute approximate surface area is 339 Å². The van der Waals surface area contributed by atoms with Crippen molar-refractivity contribution < 1.29 is 42.2 Å². The highest BCUT2D eigenvalue weighted by atomic mass is 31.2. The Bertz CT molecular complexity index is 2000. The van der Waals surface area contributed by atoms with Crippen LogP contribution in [0.2, 0.25) is 0 Å². The van der Waals surface area contributed by atoms with E-state index >= 15 is 0 Å². The molecule has 3 aromatic carbocycles. The molecule has 2 N–H and O–H groups in total. The molecule has 0 spiro atoms. The predicted octanol–water partition coefficient (Wildman–Crippen LogP) is 6.19. The second kappa shape index (κ2) is 20.5. The molecule has 0 radical (unpaired) electrons. The van der Waals surface area contributed by atoms with Crippen molar-refractivity contribution in [3.05, 3.63) is 129 Å². The van der Waals surface area contributed by atoms with Gasteiger partial charge in [0.2, 0.25) is 0 Å². The van der Waals surface area contributed by atoms with Gasteiger partial charge in [-0.1, -0.05) is 54.6 Å². The number of nitrogens with zero attached hydrogens (tertiary/aromatic N) is 3. The van der Waals surface area contributed by atoms with Crippen LogP contribution in [0.25, 0.3) is 0 Å². The van der Waals surface area contributed by atoms with Crippen molar-refractivity contribution in [3.63, 3.8) is 0 Å². The topological polar surface area (TPSA) is 167 Å². The van der Waals surface area contributed by atoms with Crippen LogP contribution in [-0.4, -0.2) is 89.9 Å². The first kappa shape index (κ1) is 44.6. The third-order valence-corrected chi connectivity index (χ3v) is 11.8. The predicted molar refractivity (Wildman–Crippen MR) is 215 cm³/mol. The van der Waals surface area contributed by atoms with Gasteiger partial charge in [-0.3, -0.25) is 14.3 Å². The molecule has 4 aromatic rings. The molecule has 0 saturated carbocycles. The normalized spacial score (nSPS) is 19.0. The van der Waals surface area contributed by atoms with Crippen molar-refractivity contribution in [2.45, 2.75) is 82.3 Å². The van der Waals surface area contributed by atoms with E-state index in [2.05, 4.69) is 11.1 Å². The summed E-state index contributed by atoms with van der Waals surface area (Å²) in [5, 5.41) is 9.41. The Hall–Kier alpha value is -4.49. The van der Waals surface area contributed by atoms with Gasteiger partial charge in [0.1, 0.15) is 48.9 Å². The number of rotatable bonds is 21. The first-order valence-electron chi connectivity index (χ1n) is 18.9. The first-order valence-corrected chi connectivity index (χ1v) is 20.1. The molecule has 312 valence electrons. The van der Waals surface area contributed by atoms with Crippen LogP contribution in [0.15, 0.2) is 101 Å².